The summed E-state index contributed by atoms with van der Waals surface area (Å²) in [5.41, 5.74) is 13.3. The fourth-order valence-corrected chi connectivity index (χ4v) is 10.3. The van der Waals surface area contributed by atoms with Crippen molar-refractivity contribution < 1.29 is 0 Å². The Labute approximate surface area is 356 Å². The molecule has 7 aromatic rings. The molecule has 7 heterocycles. The molecule has 0 saturated carbocycles. The van der Waals surface area contributed by atoms with Crippen molar-refractivity contribution in [3.05, 3.63) is 219 Å². The molecule has 0 spiro atoms. The molecule has 0 unspecified atom stereocenters. The van der Waals surface area contributed by atoms with Crippen LogP contribution in [-0.2, 0) is 0 Å². The molecule has 0 N–H and O–H groups in total. The van der Waals surface area contributed by atoms with Crippen LogP contribution in [0.25, 0.3) is 77.7 Å². The van der Waals surface area contributed by atoms with Gasteiger partial charge in [-0.3, -0.25) is 0 Å². The van der Waals surface area contributed by atoms with E-state index in [0.717, 1.165) is 44.8 Å². The van der Waals surface area contributed by atoms with Crippen molar-refractivity contribution in [2.75, 3.05) is 0 Å². The minimum absolute atomic E-state index is 0.0359. The summed E-state index contributed by atoms with van der Waals surface area (Å²) in [5.74, 6) is 9.84. The van der Waals surface area contributed by atoms with Gasteiger partial charge in [-0.25, -0.2) is 9.97 Å². The molecule has 6 aliphatic rings. The van der Waals surface area contributed by atoms with Crippen LogP contribution in [0.15, 0.2) is 213 Å². The fourth-order valence-electron chi connectivity index (χ4n) is 10.3. The van der Waals surface area contributed by atoms with Gasteiger partial charge in [-0.1, -0.05) is 139 Å². The topological polar surface area (TPSA) is 43.7 Å². The van der Waals surface area contributed by atoms with Crippen molar-refractivity contribution >= 4 is 55.3 Å². The molecule has 0 radical (unpaired) electrons. The van der Waals surface area contributed by atoms with Crippen LogP contribution in [0.2, 0.25) is 0 Å². The molecule has 1 saturated heterocycles. The third kappa shape index (κ3) is 5.16. The summed E-state index contributed by atoms with van der Waals surface area (Å²) < 4.78 is 12.1. The van der Waals surface area contributed by atoms with Crippen LogP contribution in [0, 0.1) is 0 Å². The number of allylic oxidation sites excluding steroid dienone is 8. The van der Waals surface area contributed by atoms with Crippen LogP contribution >= 0.6 is 0 Å². The van der Waals surface area contributed by atoms with Crippen molar-refractivity contribution in [3.8, 4) is 50.3 Å². The van der Waals surface area contributed by atoms with Crippen molar-refractivity contribution in [3.63, 3.8) is 0 Å². The first-order valence-corrected chi connectivity index (χ1v) is 21.0. The molecule has 0 amide bonds. The standard InChI is InChI=1S/C50H35B4N7/c1-2-17-40-39(16-1)45-33-37(61-47-21-7-5-18-42(47)43-19-6-8-22-48(43)61)23-24-41(45)38-15-3-4-20-44(38)49-46(40)34-55-50(56-49)36-25-29-54-59-32-13-10-27-52(59)57-30-12-9-26-51(57)58-31-14-11-28-53(58)60(54)35-36/h1-35H. The molecule has 5 aromatic carbocycles. The number of rotatable bonds is 2. The normalized spacial score (nSPS) is 16.6. The number of hydrogen-bond donors (Lipinski definition) is 0. The van der Waals surface area contributed by atoms with E-state index in [1.807, 2.05) is 6.20 Å². The van der Waals surface area contributed by atoms with Crippen LogP contribution in [0.4, 0.5) is 0 Å². The Hall–Kier alpha value is -7.64. The van der Waals surface area contributed by atoms with E-state index in [0.29, 0.717) is 5.82 Å². The largest absolute Gasteiger partial charge is 0.423 e. The Morgan fingerprint density at radius 3 is 1.57 bits per heavy atom. The van der Waals surface area contributed by atoms with Gasteiger partial charge in [0.05, 0.1) is 16.7 Å². The SMILES string of the molecule is C1=CB2N(C=C1)B1C=CC=CN1B1C=CC(c3ncc4c(n3)-c3ccccc3-c3ccc(-n5c6ccccc6c6ccccc65)cc3-c3ccccc3-4)=CN1B1C=CC=CN21. The average Bonchev–Trinajstić information content (AvgIpc) is 3.67. The highest BCUT2D eigenvalue weighted by atomic mass is 15.3. The van der Waals surface area contributed by atoms with E-state index in [1.165, 1.54) is 32.9 Å². The van der Waals surface area contributed by atoms with Gasteiger partial charge in [0.15, 0.2) is 5.82 Å². The van der Waals surface area contributed by atoms with Crippen molar-refractivity contribution in [1.29, 1.82) is 0 Å². The van der Waals surface area contributed by atoms with Crippen LogP contribution in [-0.4, -0.2) is 61.4 Å². The number of fused-ring (bicyclic) bond motifs is 19. The van der Waals surface area contributed by atoms with Crippen molar-refractivity contribution in [2.45, 2.75) is 0 Å². The minimum Gasteiger partial charge on any atom is -0.423 e. The molecule has 1 aliphatic carbocycles. The summed E-state index contributed by atoms with van der Waals surface area (Å²) >= 11 is 0. The first-order valence-electron chi connectivity index (χ1n) is 21.0. The molecule has 282 valence electrons. The van der Waals surface area contributed by atoms with Crippen molar-refractivity contribution in [1.82, 2.24) is 33.4 Å². The predicted octanol–water partition coefficient (Wildman–Crippen LogP) is 10.0. The van der Waals surface area contributed by atoms with Crippen LogP contribution in [0.3, 0.4) is 0 Å². The van der Waals surface area contributed by atoms with Gasteiger partial charge in [-0.15, -0.1) is 0 Å². The number of nitrogens with zero attached hydrogens (tertiary/aromatic N) is 7. The maximum Gasteiger partial charge on any atom is 0.380 e. The second-order valence-corrected chi connectivity index (χ2v) is 16.2. The van der Waals surface area contributed by atoms with Gasteiger partial charge in [0.2, 0.25) is 0 Å². The Balaban J connectivity index is 0.959. The highest BCUT2D eigenvalue weighted by molar-refractivity contribution is 6.92. The average molecular weight is 777 g/mol. The van der Waals surface area contributed by atoms with Crippen LogP contribution in [0.1, 0.15) is 5.82 Å². The van der Waals surface area contributed by atoms with Gasteiger partial charge in [0, 0.05) is 39.4 Å². The Morgan fingerprint density at radius 2 is 0.934 bits per heavy atom. The monoisotopic (exact) mass is 777 g/mol. The summed E-state index contributed by atoms with van der Waals surface area (Å²) in [6.07, 6.45) is 26.0. The smallest absolute Gasteiger partial charge is 0.380 e. The van der Waals surface area contributed by atoms with E-state index in [4.69, 9.17) is 9.97 Å². The van der Waals surface area contributed by atoms with Crippen LogP contribution < -0.4 is 0 Å². The zero-order valence-electron chi connectivity index (χ0n) is 33.1. The second-order valence-electron chi connectivity index (χ2n) is 16.2. The van der Waals surface area contributed by atoms with Gasteiger partial charge in [0.1, 0.15) is 0 Å². The number of aromatic nitrogens is 3. The Kier molecular flexibility index (Phi) is 7.55. The summed E-state index contributed by atoms with van der Waals surface area (Å²) in [6.45, 7) is -0.0121. The maximum atomic E-state index is 5.53. The van der Waals surface area contributed by atoms with E-state index >= 15 is 0 Å². The van der Waals surface area contributed by atoms with Gasteiger partial charge >= 0.3 is 27.9 Å². The van der Waals surface area contributed by atoms with E-state index in [2.05, 4.69) is 230 Å². The molecule has 5 aliphatic heterocycles. The lowest BCUT2D eigenvalue weighted by Crippen LogP contribution is -2.73. The molecule has 2 aromatic heterocycles. The lowest BCUT2D eigenvalue weighted by molar-refractivity contribution is 0.622. The third-order valence-electron chi connectivity index (χ3n) is 13.0. The first-order chi connectivity index (χ1) is 30.3. The molecule has 0 bridgehead atoms. The molecule has 7 nitrogen and oxygen atoms in total. The van der Waals surface area contributed by atoms with E-state index < -0.39 is 0 Å². The molecule has 1 fully saturated rings. The number of benzene rings is 5. The van der Waals surface area contributed by atoms with Gasteiger partial charge in [0.25, 0.3) is 0 Å². The molecule has 61 heavy (non-hydrogen) atoms. The number of hydrogen-bond acceptors (Lipinski definition) is 6. The van der Waals surface area contributed by atoms with E-state index in [9.17, 15) is 0 Å². The fraction of sp³-hybridized carbons (Fsp3) is 0. The zero-order chi connectivity index (χ0) is 40.0. The Morgan fingerprint density at radius 1 is 0.426 bits per heavy atom. The van der Waals surface area contributed by atoms with E-state index in [1.54, 1.807) is 0 Å². The molecular weight excluding hydrogens is 742 g/mol. The summed E-state index contributed by atoms with van der Waals surface area (Å²) in [6, 6.07) is 41.8. The Bertz CT molecular complexity index is 3160. The predicted molar refractivity (Wildman–Crippen MR) is 254 cm³/mol. The highest BCUT2D eigenvalue weighted by Gasteiger charge is 2.50. The number of para-hydroxylation sites is 2. The molecule has 13 rings (SSSR count). The summed E-state index contributed by atoms with van der Waals surface area (Å²) in [7, 11) is 0. The summed E-state index contributed by atoms with van der Waals surface area (Å²) in [4.78, 5) is 10.7. The van der Waals surface area contributed by atoms with Gasteiger partial charge in [-0.2, -0.15) is 0 Å². The molecule has 0 atom stereocenters. The lowest BCUT2D eigenvalue weighted by atomic mass is 9.42. The third-order valence-corrected chi connectivity index (χ3v) is 13.0. The van der Waals surface area contributed by atoms with Gasteiger partial charge in [-0.05, 0) is 95.1 Å². The minimum atomic E-state index is -0.0419. The quantitative estimate of drug-likeness (QED) is 0.163. The summed E-state index contributed by atoms with van der Waals surface area (Å²) in [5, 5.41) is 2.50. The zero-order valence-corrected chi connectivity index (χ0v) is 33.1. The molecule has 11 heteroatoms. The second kappa shape index (κ2) is 13.4. The highest BCUT2D eigenvalue weighted by Crippen LogP contribution is 2.48. The van der Waals surface area contributed by atoms with Crippen molar-refractivity contribution in [2.24, 2.45) is 0 Å². The van der Waals surface area contributed by atoms with Gasteiger partial charge < -0.3 is 23.5 Å². The molecular formula is C50H35B4N7. The lowest BCUT2D eigenvalue weighted by Gasteiger charge is -2.53. The van der Waals surface area contributed by atoms with E-state index in [-0.39, 0.29) is 27.9 Å². The van der Waals surface area contributed by atoms with Crippen LogP contribution in [0.5, 0.6) is 0 Å². The maximum absolute atomic E-state index is 5.53. The first kappa shape index (κ1) is 34.2.